The molecule has 2 aromatic rings. The van der Waals surface area contributed by atoms with E-state index in [0.717, 1.165) is 34.9 Å². The minimum atomic E-state index is -0.991. The van der Waals surface area contributed by atoms with Gasteiger partial charge in [-0.1, -0.05) is 62.4 Å². The number of hydrogen-bond donors (Lipinski definition) is 2. The Kier molecular flexibility index (Phi) is 11.9. The van der Waals surface area contributed by atoms with E-state index >= 15 is 0 Å². The molecule has 2 aliphatic rings. The number of carboxylic acids is 1. The summed E-state index contributed by atoms with van der Waals surface area (Å²) in [5.41, 5.74) is 4.75. The lowest BCUT2D eigenvalue weighted by molar-refractivity contribution is -0.139. The van der Waals surface area contributed by atoms with E-state index in [-0.39, 0.29) is 5.91 Å². The molecule has 218 valence electrons. The van der Waals surface area contributed by atoms with Crippen molar-refractivity contribution < 1.29 is 14.7 Å². The summed E-state index contributed by atoms with van der Waals surface area (Å²) in [6, 6.07) is 14.6. The van der Waals surface area contributed by atoms with E-state index in [1.807, 2.05) is 36.2 Å². The molecule has 0 bridgehead atoms. The van der Waals surface area contributed by atoms with E-state index in [1.165, 1.54) is 56.9 Å². The molecular formula is C33H46N2O3S2. The van der Waals surface area contributed by atoms with Gasteiger partial charge in [0, 0.05) is 29.9 Å². The van der Waals surface area contributed by atoms with E-state index in [4.69, 9.17) is 0 Å². The molecule has 1 aliphatic carbocycles. The summed E-state index contributed by atoms with van der Waals surface area (Å²) >= 11 is 3.52. The van der Waals surface area contributed by atoms with Crippen molar-refractivity contribution in [3.8, 4) is 11.1 Å². The van der Waals surface area contributed by atoms with Gasteiger partial charge in [0.15, 0.2) is 0 Å². The van der Waals surface area contributed by atoms with Gasteiger partial charge in [-0.2, -0.15) is 23.5 Å². The molecule has 7 heteroatoms. The van der Waals surface area contributed by atoms with Gasteiger partial charge >= 0.3 is 5.97 Å². The molecule has 0 radical (unpaired) electrons. The molecule has 1 aliphatic heterocycles. The van der Waals surface area contributed by atoms with E-state index in [0.29, 0.717) is 29.8 Å². The van der Waals surface area contributed by atoms with Crippen LogP contribution in [-0.2, 0) is 11.3 Å². The molecule has 1 amide bonds. The van der Waals surface area contributed by atoms with Crippen LogP contribution < -0.4 is 5.32 Å². The minimum Gasteiger partial charge on any atom is -0.480 e. The van der Waals surface area contributed by atoms with Crippen molar-refractivity contribution in [3.63, 3.8) is 0 Å². The van der Waals surface area contributed by atoms with Crippen molar-refractivity contribution >= 4 is 35.4 Å². The fraction of sp³-hybridized carbons (Fsp3) is 0.576. The number of carboxylic acid groups (broad SMARTS) is 1. The molecule has 2 fully saturated rings. The number of hydrogen-bond acceptors (Lipinski definition) is 5. The summed E-state index contributed by atoms with van der Waals surface area (Å²) in [5, 5.41) is 12.5. The lowest BCUT2D eigenvalue weighted by Crippen LogP contribution is -2.41. The molecule has 0 aromatic heterocycles. The maximum atomic E-state index is 13.5. The Morgan fingerprint density at radius 3 is 2.42 bits per heavy atom. The lowest BCUT2D eigenvalue weighted by Gasteiger charge is -2.33. The van der Waals surface area contributed by atoms with Gasteiger partial charge in [-0.3, -0.25) is 9.69 Å². The van der Waals surface area contributed by atoms with Crippen LogP contribution in [0.5, 0.6) is 0 Å². The number of carbonyl (C=O) groups excluding carboxylic acids is 1. The van der Waals surface area contributed by atoms with Gasteiger partial charge in [0.25, 0.3) is 5.91 Å². The van der Waals surface area contributed by atoms with Crippen molar-refractivity contribution in [2.75, 3.05) is 24.0 Å². The highest BCUT2D eigenvalue weighted by atomic mass is 32.2. The highest BCUT2D eigenvalue weighted by molar-refractivity contribution is 7.98. The molecule has 4 rings (SSSR count). The third-order valence-electron chi connectivity index (χ3n) is 8.80. The van der Waals surface area contributed by atoms with Gasteiger partial charge in [0.05, 0.1) is 0 Å². The molecule has 1 heterocycles. The summed E-state index contributed by atoms with van der Waals surface area (Å²) in [5.74, 6) is 1.37. The maximum absolute atomic E-state index is 13.5. The predicted octanol–water partition coefficient (Wildman–Crippen LogP) is 7.26. The number of aliphatic carboxylic acids is 1. The van der Waals surface area contributed by atoms with Gasteiger partial charge < -0.3 is 10.4 Å². The first kappa shape index (κ1) is 31.0. The third kappa shape index (κ3) is 8.07. The Hall–Kier alpha value is -1.96. The summed E-state index contributed by atoms with van der Waals surface area (Å²) in [7, 11) is 0. The van der Waals surface area contributed by atoms with Gasteiger partial charge in [-0.05, 0) is 91.2 Å². The van der Waals surface area contributed by atoms with Crippen LogP contribution >= 0.6 is 23.5 Å². The number of benzene rings is 2. The molecule has 3 atom stereocenters. The Morgan fingerprint density at radius 1 is 0.975 bits per heavy atom. The SMILES string of the molecule is CSCC[C@H](NC(=O)c1ccc(CN2[C@@H](CC3CCCCC3)CC[C@H]2CSC)cc1-c1ccccc1C)C(=O)O. The molecule has 0 spiro atoms. The number of rotatable bonds is 13. The number of carbonyl (C=O) groups is 2. The number of nitrogens with one attached hydrogen (secondary N) is 1. The predicted molar refractivity (Wildman–Crippen MR) is 170 cm³/mol. The average molecular weight is 583 g/mol. The van der Waals surface area contributed by atoms with Crippen LogP contribution in [0.25, 0.3) is 11.1 Å². The van der Waals surface area contributed by atoms with Crippen molar-refractivity contribution in [1.29, 1.82) is 0 Å². The fourth-order valence-corrected chi connectivity index (χ4v) is 7.84. The molecule has 40 heavy (non-hydrogen) atoms. The molecule has 2 aromatic carbocycles. The second-order valence-electron chi connectivity index (χ2n) is 11.6. The molecule has 1 saturated heterocycles. The molecular weight excluding hydrogens is 537 g/mol. The number of amides is 1. The third-order valence-corrected chi connectivity index (χ3v) is 10.2. The van der Waals surface area contributed by atoms with Crippen LogP contribution in [0.1, 0.15) is 79.3 Å². The van der Waals surface area contributed by atoms with E-state index in [1.54, 1.807) is 11.8 Å². The van der Waals surface area contributed by atoms with Gasteiger partial charge in [0.2, 0.25) is 0 Å². The maximum Gasteiger partial charge on any atom is 0.326 e. The Labute approximate surface area is 249 Å². The van der Waals surface area contributed by atoms with E-state index in [2.05, 4.69) is 47.7 Å². The zero-order valence-corrected chi connectivity index (χ0v) is 26.0. The van der Waals surface area contributed by atoms with Crippen LogP contribution in [0.15, 0.2) is 42.5 Å². The Morgan fingerprint density at radius 2 is 1.73 bits per heavy atom. The van der Waals surface area contributed by atoms with Gasteiger partial charge in [0.1, 0.15) is 6.04 Å². The summed E-state index contributed by atoms with van der Waals surface area (Å²) in [4.78, 5) is 28.1. The highest BCUT2D eigenvalue weighted by Gasteiger charge is 2.35. The van der Waals surface area contributed by atoms with Crippen molar-refractivity contribution in [2.24, 2.45) is 5.92 Å². The normalized spacial score (nSPS) is 20.9. The molecule has 1 saturated carbocycles. The topological polar surface area (TPSA) is 69.6 Å². The van der Waals surface area contributed by atoms with Crippen LogP contribution in [0.2, 0.25) is 0 Å². The molecule has 2 N–H and O–H groups in total. The average Bonchev–Trinajstić information content (AvgIpc) is 3.32. The van der Waals surface area contributed by atoms with Crippen molar-refractivity contribution in [2.45, 2.75) is 89.4 Å². The minimum absolute atomic E-state index is 0.324. The van der Waals surface area contributed by atoms with Crippen LogP contribution in [0, 0.1) is 12.8 Å². The Bertz CT molecular complexity index is 1130. The van der Waals surface area contributed by atoms with Crippen molar-refractivity contribution in [1.82, 2.24) is 10.2 Å². The summed E-state index contributed by atoms with van der Waals surface area (Å²) in [6.07, 6.45) is 15.3. The smallest absolute Gasteiger partial charge is 0.326 e. The van der Waals surface area contributed by atoms with E-state index < -0.39 is 12.0 Å². The number of aryl methyl sites for hydroxylation is 1. The monoisotopic (exact) mass is 582 g/mol. The standard InChI is InChI=1S/C33H46N2O3S2/c1-23-9-7-8-12-28(23)30-20-25(13-16-29(30)32(36)34-31(33(37)38)17-18-39-2)21-35-26(14-15-27(35)22-40-3)19-24-10-5-4-6-11-24/h7-9,12-13,16,20,24,26-27,31H,4-6,10-11,14-15,17-19,21-22H2,1-3H3,(H,34,36)(H,37,38)/t26-,27+,31+/m1/s1. The highest BCUT2D eigenvalue weighted by Crippen LogP contribution is 2.37. The first-order chi connectivity index (χ1) is 19.4. The van der Waals surface area contributed by atoms with Crippen LogP contribution in [0.4, 0.5) is 0 Å². The van der Waals surface area contributed by atoms with Gasteiger partial charge in [-0.25, -0.2) is 4.79 Å². The zero-order valence-electron chi connectivity index (χ0n) is 24.4. The number of thioether (sulfide) groups is 2. The van der Waals surface area contributed by atoms with Crippen molar-refractivity contribution in [3.05, 3.63) is 59.2 Å². The molecule has 5 nitrogen and oxygen atoms in total. The largest absolute Gasteiger partial charge is 0.480 e. The van der Waals surface area contributed by atoms with Gasteiger partial charge in [-0.15, -0.1) is 0 Å². The Balaban J connectivity index is 1.62. The summed E-state index contributed by atoms with van der Waals surface area (Å²) in [6.45, 7) is 2.95. The fourth-order valence-electron chi connectivity index (χ4n) is 6.63. The first-order valence-corrected chi connectivity index (χ1v) is 17.7. The first-order valence-electron chi connectivity index (χ1n) is 14.9. The second-order valence-corrected chi connectivity index (χ2v) is 13.5. The molecule has 0 unspecified atom stereocenters. The summed E-state index contributed by atoms with van der Waals surface area (Å²) < 4.78 is 0. The number of likely N-dealkylation sites (tertiary alicyclic amines) is 1. The van der Waals surface area contributed by atoms with E-state index in [9.17, 15) is 14.7 Å². The van der Waals surface area contributed by atoms with Crippen LogP contribution in [-0.4, -0.2) is 64.0 Å². The second kappa shape index (κ2) is 15.3. The quantitative estimate of drug-likeness (QED) is 0.259. The van der Waals surface area contributed by atoms with Crippen LogP contribution in [0.3, 0.4) is 0 Å². The number of nitrogens with zero attached hydrogens (tertiary/aromatic N) is 1. The lowest BCUT2D eigenvalue weighted by atomic mass is 9.84. The zero-order chi connectivity index (χ0) is 28.5.